The first kappa shape index (κ1) is 21.6. The smallest absolute Gasteiger partial charge is 0.231 e. The normalized spacial score (nSPS) is 24.2. The summed E-state index contributed by atoms with van der Waals surface area (Å²) >= 11 is 6.09. The molecule has 2 fully saturated rings. The predicted octanol–water partition coefficient (Wildman–Crippen LogP) is 2.81. The Morgan fingerprint density at radius 3 is 2.50 bits per heavy atom. The summed E-state index contributed by atoms with van der Waals surface area (Å²) in [5, 5.41) is 11.0. The maximum absolute atomic E-state index is 13.6. The van der Waals surface area contributed by atoms with Crippen molar-refractivity contribution in [1.29, 1.82) is 0 Å². The van der Waals surface area contributed by atoms with Crippen molar-refractivity contribution in [3.63, 3.8) is 0 Å². The van der Waals surface area contributed by atoms with Crippen LogP contribution in [-0.2, 0) is 4.79 Å². The number of anilines is 1. The van der Waals surface area contributed by atoms with Crippen molar-refractivity contribution < 1.29 is 9.90 Å². The molecule has 2 aliphatic heterocycles. The SMILES string of the molecule is C[C@@H]1C[C@@H](O)c2ncnc(N3CCN(C(=O)[C@H](CN4CCC4)c4ccc(Cl)cc4)CC3)c21. The summed E-state index contributed by atoms with van der Waals surface area (Å²) in [5.41, 5.74) is 2.86. The highest BCUT2D eigenvalue weighted by molar-refractivity contribution is 6.30. The molecule has 0 saturated carbocycles. The van der Waals surface area contributed by atoms with Gasteiger partial charge in [0.15, 0.2) is 0 Å². The summed E-state index contributed by atoms with van der Waals surface area (Å²) in [7, 11) is 0. The summed E-state index contributed by atoms with van der Waals surface area (Å²) < 4.78 is 0. The zero-order chi connectivity index (χ0) is 22.2. The van der Waals surface area contributed by atoms with Crippen LogP contribution in [0.2, 0.25) is 5.02 Å². The first-order valence-corrected chi connectivity index (χ1v) is 11.9. The van der Waals surface area contributed by atoms with Crippen molar-refractivity contribution in [3.8, 4) is 0 Å². The van der Waals surface area contributed by atoms with Gasteiger partial charge in [0.1, 0.15) is 12.1 Å². The van der Waals surface area contributed by atoms with E-state index in [2.05, 4.69) is 26.7 Å². The number of carbonyl (C=O) groups excluding carboxylic acids is 1. The van der Waals surface area contributed by atoms with Gasteiger partial charge in [-0.1, -0.05) is 30.7 Å². The number of rotatable bonds is 5. The number of halogens is 1. The average molecular weight is 456 g/mol. The molecule has 5 rings (SSSR count). The van der Waals surface area contributed by atoms with E-state index in [0.29, 0.717) is 24.5 Å². The van der Waals surface area contributed by atoms with E-state index in [9.17, 15) is 9.90 Å². The number of aromatic nitrogens is 2. The van der Waals surface area contributed by atoms with Crippen LogP contribution >= 0.6 is 11.6 Å². The Bertz CT molecular complexity index is 973. The number of benzene rings is 1. The van der Waals surface area contributed by atoms with Gasteiger partial charge in [0.25, 0.3) is 0 Å². The lowest BCUT2D eigenvalue weighted by atomic mass is 9.95. The summed E-state index contributed by atoms with van der Waals surface area (Å²) in [5.74, 6) is 1.18. The molecule has 0 unspecified atom stereocenters. The fourth-order valence-corrected chi connectivity index (χ4v) is 5.28. The van der Waals surface area contributed by atoms with E-state index in [0.717, 1.165) is 55.4 Å². The van der Waals surface area contributed by atoms with E-state index in [1.165, 1.54) is 6.42 Å². The molecular formula is C24H30ClN5O2. The highest BCUT2D eigenvalue weighted by atomic mass is 35.5. The first-order valence-electron chi connectivity index (χ1n) is 11.6. The second kappa shape index (κ2) is 8.96. The molecule has 0 spiro atoms. The van der Waals surface area contributed by atoms with Crippen LogP contribution in [0.4, 0.5) is 5.82 Å². The summed E-state index contributed by atoms with van der Waals surface area (Å²) in [6.07, 6.45) is 2.94. The van der Waals surface area contributed by atoms with Gasteiger partial charge in [-0.05, 0) is 49.5 Å². The number of aliphatic hydroxyl groups excluding tert-OH is 1. The predicted molar refractivity (Wildman–Crippen MR) is 124 cm³/mol. The second-order valence-corrected chi connectivity index (χ2v) is 9.66. The van der Waals surface area contributed by atoms with Crippen LogP contribution in [0.25, 0.3) is 0 Å². The maximum atomic E-state index is 13.6. The van der Waals surface area contributed by atoms with Crippen LogP contribution in [0.5, 0.6) is 0 Å². The Labute approximate surface area is 194 Å². The molecule has 3 aliphatic rings. The lowest BCUT2D eigenvalue weighted by Gasteiger charge is -2.39. The van der Waals surface area contributed by atoms with Crippen LogP contribution in [0.15, 0.2) is 30.6 Å². The van der Waals surface area contributed by atoms with Gasteiger partial charge in [0.2, 0.25) is 5.91 Å². The highest BCUT2D eigenvalue weighted by Gasteiger charge is 2.35. The Kier molecular flexibility index (Phi) is 6.05. The van der Waals surface area contributed by atoms with Crippen molar-refractivity contribution >= 4 is 23.3 Å². The largest absolute Gasteiger partial charge is 0.387 e. The lowest BCUT2D eigenvalue weighted by molar-refractivity contribution is -0.133. The molecule has 3 heterocycles. The molecule has 32 heavy (non-hydrogen) atoms. The van der Waals surface area contributed by atoms with Gasteiger partial charge in [-0.3, -0.25) is 4.79 Å². The molecule has 2 aromatic rings. The average Bonchev–Trinajstić information content (AvgIpc) is 3.07. The van der Waals surface area contributed by atoms with Crippen LogP contribution in [0.3, 0.4) is 0 Å². The molecule has 1 amide bonds. The van der Waals surface area contributed by atoms with Gasteiger partial charge in [-0.2, -0.15) is 0 Å². The lowest BCUT2D eigenvalue weighted by Crippen LogP contribution is -2.52. The fraction of sp³-hybridized carbons (Fsp3) is 0.542. The van der Waals surface area contributed by atoms with Crippen LogP contribution < -0.4 is 4.90 Å². The van der Waals surface area contributed by atoms with Gasteiger partial charge in [0.05, 0.1) is 17.7 Å². The van der Waals surface area contributed by atoms with Gasteiger partial charge < -0.3 is 19.8 Å². The molecular weight excluding hydrogens is 426 g/mol. The van der Waals surface area contributed by atoms with Crippen LogP contribution in [-0.4, -0.2) is 76.6 Å². The Morgan fingerprint density at radius 1 is 1.12 bits per heavy atom. The minimum absolute atomic E-state index is 0.169. The standard InChI is InChI=1S/C24H30ClN5O2/c1-16-13-20(31)22-21(16)23(27-15-26-22)29-9-11-30(12-10-29)24(32)19(14-28-7-2-8-28)17-3-5-18(25)6-4-17/h3-6,15-16,19-20,31H,2,7-14H2,1H3/t16-,19-,20-/m1/s1. The van der Waals surface area contributed by atoms with Crippen molar-refractivity contribution in [2.45, 2.75) is 37.7 Å². The van der Waals surface area contributed by atoms with Gasteiger partial charge >= 0.3 is 0 Å². The van der Waals surface area contributed by atoms with Gasteiger partial charge in [-0.25, -0.2) is 9.97 Å². The number of nitrogens with zero attached hydrogens (tertiary/aromatic N) is 5. The van der Waals surface area contributed by atoms with Crippen LogP contribution in [0.1, 0.15) is 54.5 Å². The highest BCUT2D eigenvalue weighted by Crippen LogP contribution is 2.42. The molecule has 170 valence electrons. The van der Waals surface area contributed by atoms with Crippen molar-refractivity contribution in [1.82, 2.24) is 19.8 Å². The monoisotopic (exact) mass is 455 g/mol. The van der Waals surface area contributed by atoms with Gasteiger partial charge in [0, 0.05) is 43.3 Å². The third kappa shape index (κ3) is 4.09. The zero-order valence-corrected chi connectivity index (χ0v) is 19.2. The number of hydrogen-bond donors (Lipinski definition) is 1. The van der Waals surface area contributed by atoms with E-state index in [-0.39, 0.29) is 17.7 Å². The number of aliphatic hydroxyl groups is 1. The topological polar surface area (TPSA) is 72.8 Å². The Morgan fingerprint density at radius 2 is 1.84 bits per heavy atom. The van der Waals surface area contributed by atoms with Gasteiger partial charge in [-0.15, -0.1) is 0 Å². The Hall–Kier alpha value is -2.22. The molecule has 1 N–H and O–H groups in total. The molecule has 1 aliphatic carbocycles. The summed E-state index contributed by atoms with van der Waals surface area (Å²) in [6.45, 7) is 7.80. The molecule has 3 atom stereocenters. The van der Waals surface area contributed by atoms with E-state index in [1.807, 2.05) is 29.2 Å². The quantitative estimate of drug-likeness (QED) is 0.747. The van der Waals surface area contributed by atoms with Crippen molar-refractivity contribution in [2.75, 3.05) is 50.7 Å². The van der Waals surface area contributed by atoms with Crippen molar-refractivity contribution in [2.24, 2.45) is 0 Å². The number of fused-ring (bicyclic) bond motifs is 1. The Balaban J connectivity index is 1.30. The number of amides is 1. The van der Waals surface area contributed by atoms with E-state index < -0.39 is 6.10 Å². The fourth-order valence-electron chi connectivity index (χ4n) is 5.16. The zero-order valence-electron chi connectivity index (χ0n) is 18.5. The minimum Gasteiger partial charge on any atom is -0.387 e. The van der Waals surface area contributed by atoms with E-state index >= 15 is 0 Å². The van der Waals surface area contributed by atoms with E-state index in [1.54, 1.807) is 6.33 Å². The molecule has 1 aromatic carbocycles. The van der Waals surface area contributed by atoms with Crippen LogP contribution in [0, 0.1) is 0 Å². The molecule has 8 heteroatoms. The third-order valence-corrected chi connectivity index (χ3v) is 7.38. The molecule has 0 bridgehead atoms. The summed E-state index contributed by atoms with van der Waals surface area (Å²) in [4.78, 5) is 29.0. The minimum atomic E-state index is -0.508. The third-order valence-electron chi connectivity index (χ3n) is 7.13. The summed E-state index contributed by atoms with van der Waals surface area (Å²) in [6, 6.07) is 7.71. The number of hydrogen-bond acceptors (Lipinski definition) is 6. The molecule has 1 aromatic heterocycles. The maximum Gasteiger partial charge on any atom is 0.231 e. The molecule has 7 nitrogen and oxygen atoms in total. The second-order valence-electron chi connectivity index (χ2n) is 9.22. The number of piperazine rings is 1. The molecule has 2 saturated heterocycles. The van der Waals surface area contributed by atoms with E-state index in [4.69, 9.17) is 11.6 Å². The first-order chi connectivity index (χ1) is 15.5. The number of likely N-dealkylation sites (tertiary alicyclic amines) is 1. The molecule has 0 radical (unpaired) electrons. The van der Waals surface area contributed by atoms with Crippen molar-refractivity contribution in [3.05, 3.63) is 52.4 Å². The number of carbonyl (C=O) groups is 1.